The molecule has 1 amide bonds. The van der Waals surface area contributed by atoms with Crippen LogP contribution in [-0.4, -0.2) is 34.0 Å². The molecule has 1 N–H and O–H groups in total. The number of halogens is 3. The predicted molar refractivity (Wildman–Crippen MR) is 128 cm³/mol. The maximum absolute atomic E-state index is 13.4. The topological polar surface area (TPSA) is 66.8 Å². The van der Waals surface area contributed by atoms with Crippen molar-refractivity contribution in [3.8, 4) is 5.75 Å². The van der Waals surface area contributed by atoms with Crippen molar-refractivity contribution < 1.29 is 23.8 Å². The number of carbonyl (C=O) groups excluding carboxylic acids is 1. The first-order valence-corrected chi connectivity index (χ1v) is 11.4. The Labute approximate surface area is 206 Å². The molecule has 1 atom stereocenters. The molecule has 34 heavy (non-hydrogen) atoms. The number of nitrogens with zero attached hydrogens (tertiary/aromatic N) is 1. The number of carboxylic acid groups (broad SMARTS) is 1. The van der Waals surface area contributed by atoms with E-state index in [1.165, 1.54) is 17.0 Å². The smallest absolute Gasteiger partial charge is 0.323 e. The van der Waals surface area contributed by atoms with Gasteiger partial charge in [-0.3, -0.25) is 9.59 Å². The van der Waals surface area contributed by atoms with Crippen molar-refractivity contribution in [1.82, 2.24) is 4.90 Å². The average molecular weight is 502 g/mol. The van der Waals surface area contributed by atoms with Crippen LogP contribution >= 0.6 is 23.2 Å². The average Bonchev–Trinajstić information content (AvgIpc) is 3.10. The Kier molecular flexibility index (Phi) is 6.82. The fourth-order valence-electron chi connectivity index (χ4n) is 4.19. The second kappa shape index (κ2) is 9.65. The van der Waals surface area contributed by atoms with Gasteiger partial charge in [0.15, 0.2) is 0 Å². The number of benzene rings is 3. The lowest BCUT2D eigenvalue weighted by atomic mass is 9.91. The van der Waals surface area contributed by atoms with Crippen LogP contribution < -0.4 is 4.74 Å². The summed E-state index contributed by atoms with van der Waals surface area (Å²) in [7, 11) is 0. The van der Waals surface area contributed by atoms with Crippen LogP contribution in [-0.2, 0) is 24.2 Å². The highest BCUT2D eigenvalue weighted by Gasteiger charge is 2.35. The van der Waals surface area contributed by atoms with Gasteiger partial charge in [0, 0.05) is 35.0 Å². The molecule has 8 heteroatoms. The SMILES string of the molecule is C[C@@]1(Cc2ccc(Cl)cc2)Cc2cc(C(=O)N(CC(=O)O)Cc3ccc(F)cc3Cl)ccc2O1. The summed E-state index contributed by atoms with van der Waals surface area (Å²) in [6.07, 6.45) is 1.26. The molecular formula is C26H22Cl2FNO4. The Bertz CT molecular complexity index is 1250. The van der Waals surface area contributed by atoms with E-state index in [-0.39, 0.29) is 11.6 Å². The zero-order valence-corrected chi connectivity index (χ0v) is 19.9. The van der Waals surface area contributed by atoms with E-state index in [0.717, 1.165) is 17.2 Å². The molecule has 3 aromatic carbocycles. The zero-order chi connectivity index (χ0) is 24.5. The van der Waals surface area contributed by atoms with Gasteiger partial charge in [-0.1, -0.05) is 41.4 Å². The lowest BCUT2D eigenvalue weighted by Gasteiger charge is -2.24. The van der Waals surface area contributed by atoms with Gasteiger partial charge < -0.3 is 14.7 Å². The molecular weight excluding hydrogens is 480 g/mol. The van der Waals surface area contributed by atoms with Crippen molar-refractivity contribution in [3.63, 3.8) is 0 Å². The molecule has 5 nitrogen and oxygen atoms in total. The van der Waals surface area contributed by atoms with E-state index in [9.17, 15) is 19.1 Å². The van der Waals surface area contributed by atoms with Crippen LogP contribution in [0.2, 0.25) is 10.0 Å². The molecule has 0 aromatic heterocycles. The minimum absolute atomic E-state index is 0.0634. The van der Waals surface area contributed by atoms with Crippen molar-refractivity contribution >= 4 is 35.1 Å². The quantitative estimate of drug-likeness (QED) is 0.444. The molecule has 1 aliphatic heterocycles. The minimum Gasteiger partial charge on any atom is -0.487 e. The molecule has 0 saturated carbocycles. The molecule has 1 aliphatic rings. The van der Waals surface area contributed by atoms with E-state index >= 15 is 0 Å². The van der Waals surface area contributed by atoms with Crippen molar-refractivity contribution in [2.75, 3.05) is 6.54 Å². The number of carbonyl (C=O) groups is 2. The third-order valence-corrected chi connectivity index (χ3v) is 6.31. The first-order chi connectivity index (χ1) is 16.1. The second-order valence-electron chi connectivity index (χ2n) is 8.65. The van der Waals surface area contributed by atoms with Crippen LogP contribution in [0, 0.1) is 5.82 Å². The fourth-order valence-corrected chi connectivity index (χ4v) is 4.54. The number of ether oxygens (including phenoxy) is 1. The fraction of sp³-hybridized carbons (Fsp3) is 0.231. The van der Waals surface area contributed by atoms with Crippen LogP contribution in [0.15, 0.2) is 60.7 Å². The largest absolute Gasteiger partial charge is 0.487 e. The Morgan fingerprint density at radius 2 is 1.82 bits per heavy atom. The highest BCUT2D eigenvalue weighted by molar-refractivity contribution is 6.31. The summed E-state index contributed by atoms with van der Waals surface area (Å²) in [4.78, 5) is 25.8. The number of rotatable bonds is 7. The van der Waals surface area contributed by atoms with E-state index in [4.69, 9.17) is 27.9 Å². The molecule has 0 spiro atoms. The van der Waals surface area contributed by atoms with Gasteiger partial charge >= 0.3 is 5.97 Å². The van der Waals surface area contributed by atoms with Crippen LogP contribution in [0.1, 0.15) is 34.0 Å². The van der Waals surface area contributed by atoms with Crippen LogP contribution in [0.5, 0.6) is 5.75 Å². The summed E-state index contributed by atoms with van der Waals surface area (Å²) in [5, 5.41) is 10.1. The lowest BCUT2D eigenvalue weighted by Crippen LogP contribution is -2.35. The summed E-state index contributed by atoms with van der Waals surface area (Å²) >= 11 is 12.1. The van der Waals surface area contributed by atoms with Gasteiger partial charge in [-0.2, -0.15) is 0 Å². The van der Waals surface area contributed by atoms with Crippen molar-refractivity contribution in [1.29, 1.82) is 0 Å². The van der Waals surface area contributed by atoms with Crippen molar-refractivity contribution in [3.05, 3.63) is 98.8 Å². The summed E-state index contributed by atoms with van der Waals surface area (Å²) in [5.74, 6) is -1.44. The van der Waals surface area contributed by atoms with Gasteiger partial charge in [0.25, 0.3) is 5.91 Å². The Hall–Kier alpha value is -3.09. The number of aliphatic carboxylic acids is 1. The highest BCUT2D eigenvalue weighted by Crippen LogP contribution is 2.38. The van der Waals surface area contributed by atoms with E-state index in [0.29, 0.717) is 34.7 Å². The summed E-state index contributed by atoms with van der Waals surface area (Å²) in [6, 6.07) is 16.5. The van der Waals surface area contributed by atoms with E-state index in [1.807, 2.05) is 31.2 Å². The van der Waals surface area contributed by atoms with E-state index in [2.05, 4.69) is 0 Å². The van der Waals surface area contributed by atoms with Gasteiger partial charge in [0.2, 0.25) is 0 Å². The Morgan fingerprint density at radius 3 is 2.50 bits per heavy atom. The standard InChI is InChI=1S/C26H22Cl2FNO4/c1-26(12-16-2-6-20(27)7-3-16)13-19-10-17(5-9-23(19)34-26)25(33)30(15-24(31)32)14-18-4-8-21(29)11-22(18)28/h2-11H,12-15H2,1H3,(H,31,32)/t26-/m1/s1. The maximum Gasteiger partial charge on any atom is 0.323 e. The molecule has 0 saturated heterocycles. The molecule has 4 rings (SSSR count). The molecule has 0 bridgehead atoms. The number of fused-ring (bicyclic) bond motifs is 1. The predicted octanol–water partition coefficient (Wildman–Crippen LogP) is 5.80. The van der Waals surface area contributed by atoms with Crippen LogP contribution in [0.25, 0.3) is 0 Å². The van der Waals surface area contributed by atoms with Gasteiger partial charge in [0.1, 0.15) is 23.7 Å². The molecule has 0 aliphatic carbocycles. The molecule has 0 unspecified atom stereocenters. The van der Waals surface area contributed by atoms with Crippen LogP contribution in [0.3, 0.4) is 0 Å². The third-order valence-electron chi connectivity index (χ3n) is 5.71. The Balaban J connectivity index is 1.54. The zero-order valence-electron chi connectivity index (χ0n) is 18.4. The monoisotopic (exact) mass is 501 g/mol. The molecule has 1 heterocycles. The van der Waals surface area contributed by atoms with Gasteiger partial charge in [-0.15, -0.1) is 0 Å². The van der Waals surface area contributed by atoms with Crippen molar-refractivity contribution in [2.45, 2.75) is 31.9 Å². The summed E-state index contributed by atoms with van der Waals surface area (Å²) < 4.78 is 19.6. The van der Waals surface area contributed by atoms with E-state index < -0.39 is 29.8 Å². The molecule has 176 valence electrons. The van der Waals surface area contributed by atoms with Gasteiger partial charge in [-0.05, 0) is 66.1 Å². The molecule has 0 fully saturated rings. The first-order valence-electron chi connectivity index (χ1n) is 10.6. The first kappa shape index (κ1) is 24.0. The lowest BCUT2D eigenvalue weighted by molar-refractivity contribution is -0.137. The third kappa shape index (κ3) is 5.51. The molecule has 0 radical (unpaired) electrons. The number of amides is 1. The normalized spacial score (nSPS) is 16.6. The Morgan fingerprint density at radius 1 is 1.09 bits per heavy atom. The van der Waals surface area contributed by atoms with E-state index in [1.54, 1.807) is 18.2 Å². The highest BCUT2D eigenvalue weighted by atomic mass is 35.5. The summed E-state index contributed by atoms with van der Waals surface area (Å²) in [6.45, 7) is 1.43. The van der Waals surface area contributed by atoms with Crippen molar-refractivity contribution in [2.24, 2.45) is 0 Å². The van der Waals surface area contributed by atoms with Crippen LogP contribution in [0.4, 0.5) is 4.39 Å². The molecule has 3 aromatic rings. The van der Waals surface area contributed by atoms with Gasteiger partial charge in [-0.25, -0.2) is 4.39 Å². The number of hydrogen-bond acceptors (Lipinski definition) is 3. The number of hydrogen-bond donors (Lipinski definition) is 1. The minimum atomic E-state index is -1.16. The second-order valence-corrected chi connectivity index (χ2v) is 9.49. The van der Waals surface area contributed by atoms with Gasteiger partial charge in [0.05, 0.1) is 0 Å². The number of carboxylic acids is 1. The maximum atomic E-state index is 13.4. The summed E-state index contributed by atoms with van der Waals surface area (Å²) in [5.41, 5.74) is 2.27.